The Kier molecular flexibility index (Phi) is 7.01. The van der Waals surface area contributed by atoms with Crippen LogP contribution in [0, 0.1) is 0 Å². The number of halogens is 3. The predicted octanol–water partition coefficient (Wildman–Crippen LogP) is 5.03. The molecule has 0 bridgehead atoms. The lowest BCUT2D eigenvalue weighted by Crippen LogP contribution is -2.29. The number of hydrogen-bond acceptors (Lipinski definition) is 5. The number of aromatic hydroxyl groups is 1. The molecule has 0 saturated carbocycles. The minimum Gasteiger partial charge on any atom is -0.508 e. The molecule has 1 aliphatic heterocycles. The number of amides is 2. The fourth-order valence-corrected chi connectivity index (χ4v) is 4.12. The van der Waals surface area contributed by atoms with Crippen molar-refractivity contribution in [2.24, 2.45) is 0 Å². The molecule has 162 valence electrons. The fraction of sp³-hybridized carbons (Fsp3) is 0.190. The Morgan fingerprint density at radius 3 is 2.58 bits per heavy atom. The van der Waals surface area contributed by atoms with Crippen molar-refractivity contribution in [2.75, 3.05) is 11.9 Å². The number of hydrogen-bond donors (Lipinski definition) is 2. The molecule has 0 aliphatic carbocycles. The van der Waals surface area contributed by atoms with Gasteiger partial charge >= 0.3 is 6.18 Å². The third-order valence-electron chi connectivity index (χ3n) is 4.32. The highest BCUT2D eigenvalue weighted by Crippen LogP contribution is 2.33. The van der Waals surface area contributed by atoms with E-state index in [-0.39, 0.29) is 30.3 Å². The van der Waals surface area contributed by atoms with Crippen LogP contribution in [0.2, 0.25) is 0 Å². The molecule has 5 nitrogen and oxygen atoms in total. The van der Waals surface area contributed by atoms with Gasteiger partial charge in [-0.3, -0.25) is 14.5 Å². The summed E-state index contributed by atoms with van der Waals surface area (Å²) >= 11 is 6.39. The highest BCUT2D eigenvalue weighted by atomic mass is 32.2. The van der Waals surface area contributed by atoms with Crippen LogP contribution in [0.1, 0.15) is 24.0 Å². The molecule has 31 heavy (non-hydrogen) atoms. The quantitative estimate of drug-likeness (QED) is 0.462. The first-order valence-corrected chi connectivity index (χ1v) is 10.4. The molecule has 2 N–H and O–H groups in total. The monoisotopic (exact) mass is 466 g/mol. The minimum absolute atomic E-state index is 0.0182. The van der Waals surface area contributed by atoms with Crippen molar-refractivity contribution in [1.82, 2.24) is 4.90 Å². The number of alkyl halides is 3. The van der Waals surface area contributed by atoms with Crippen LogP contribution in [-0.2, 0) is 15.8 Å². The maximum Gasteiger partial charge on any atom is 0.416 e. The Morgan fingerprint density at radius 2 is 1.90 bits per heavy atom. The summed E-state index contributed by atoms with van der Waals surface area (Å²) in [4.78, 5) is 26.5. The van der Waals surface area contributed by atoms with Gasteiger partial charge in [0, 0.05) is 18.7 Å². The van der Waals surface area contributed by atoms with Gasteiger partial charge < -0.3 is 10.4 Å². The molecule has 0 unspecified atom stereocenters. The smallest absolute Gasteiger partial charge is 0.416 e. The number of phenols is 1. The number of nitrogens with one attached hydrogen (secondary N) is 1. The SMILES string of the molecule is O=C(CCCN1C(=O)/C(=C/c2ccc(O)cc2)SC1=S)Nc1cccc(C(F)(F)F)c1. The van der Waals surface area contributed by atoms with Gasteiger partial charge in [0.1, 0.15) is 10.1 Å². The summed E-state index contributed by atoms with van der Waals surface area (Å²) in [6, 6.07) is 10.7. The highest BCUT2D eigenvalue weighted by molar-refractivity contribution is 8.26. The van der Waals surface area contributed by atoms with E-state index in [9.17, 15) is 27.9 Å². The minimum atomic E-state index is -4.49. The largest absolute Gasteiger partial charge is 0.508 e. The molecule has 10 heteroatoms. The Labute approximate surface area is 185 Å². The number of nitrogens with zero attached hydrogens (tertiary/aromatic N) is 1. The summed E-state index contributed by atoms with van der Waals surface area (Å²) in [7, 11) is 0. The Bertz CT molecular complexity index is 1040. The number of thiocarbonyl (C=S) groups is 1. The van der Waals surface area contributed by atoms with Gasteiger partial charge in [0.25, 0.3) is 5.91 Å². The van der Waals surface area contributed by atoms with Gasteiger partial charge in [0.05, 0.1) is 10.5 Å². The molecule has 1 heterocycles. The standard InChI is InChI=1S/C21H17F3N2O3S2/c22-21(23,24)14-3-1-4-15(12-14)25-18(28)5-2-10-26-19(29)17(31-20(26)30)11-13-6-8-16(27)9-7-13/h1,3-4,6-9,11-12,27H,2,5,10H2,(H,25,28)/b17-11-. The number of phenolic OH excluding ortho intramolecular Hbond substituents is 1. The molecule has 0 spiro atoms. The van der Waals surface area contributed by atoms with Crippen LogP contribution in [0.5, 0.6) is 5.75 Å². The first kappa shape index (κ1) is 22.8. The van der Waals surface area contributed by atoms with Crippen molar-refractivity contribution >= 4 is 51.9 Å². The summed E-state index contributed by atoms with van der Waals surface area (Å²) in [6.45, 7) is 0.216. The Hall–Kier alpha value is -2.85. The van der Waals surface area contributed by atoms with E-state index in [1.807, 2.05) is 0 Å². The van der Waals surface area contributed by atoms with Crippen LogP contribution < -0.4 is 5.32 Å². The van der Waals surface area contributed by atoms with Gasteiger partial charge in [-0.25, -0.2) is 0 Å². The van der Waals surface area contributed by atoms with Crippen molar-refractivity contribution in [3.8, 4) is 5.75 Å². The summed E-state index contributed by atoms with van der Waals surface area (Å²) in [5.41, 5.74) is -0.0516. The van der Waals surface area contributed by atoms with E-state index in [1.54, 1.807) is 18.2 Å². The van der Waals surface area contributed by atoms with E-state index in [2.05, 4.69) is 5.32 Å². The van der Waals surface area contributed by atoms with Crippen LogP contribution in [0.15, 0.2) is 53.4 Å². The number of benzene rings is 2. The molecule has 0 aromatic heterocycles. The zero-order valence-corrected chi connectivity index (χ0v) is 17.6. The lowest BCUT2D eigenvalue weighted by Gasteiger charge is -2.14. The first-order valence-electron chi connectivity index (χ1n) is 9.15. The van der Waals surface area contributed by atoms with Crippen molar-refractivity contribution in [3.63, 3.8) is 0 Å². The van der Waals surface area contributed by atoms with Gasteiger partial charge in [-0.15, -0.1) is 0 Å². The van der Waals surface area contributed by atoms with E-state index in [0.29, 0.717) is 15.6 Å². The lowest BCUT2D eigenvalue weighted by atomic mass is 10.2. The fourth-order valence-electron chi connectivity index (χ4n) is 2.81. The molecule has 2 aromatic carbocycles. The average Bonchev–Trinajstić information content (AvgIpc) is 2.96. The molecule has 2 aromatic rings. The normalized spacial score (nSPS) is 15.6. The average molecular weight is 467 g/mol. The second kappa shape index (κ2) is 9.52. The molecular formula is C21H17F3N2O3S2. The lowest BCUT2D eigenvalue weighted by molar-refractivity contribution is -0.137. The van der Waals surface area contributed by atoms with E-state index in [1.165, 1.54) is 29.2 Å². The number of anilines is 1. The van der Waals surface area contributed by atoms with Crippen molar-refractivity contribution in [1.29, 1.82) is 0 Å². The van der Waals surface area contributed by atoms with E-state index < -0.39 is 17.6 Å². The maximum absolute atomic E-state index is 12.8. The second-order valence-electron chi connectivity index (χ2n) is 6.66. The summed E-state index contributed by atoms with van der Waals surface area (Å²) < 4.78 is 38.7. The molecular weight excluding hydrogens is 449 g/mol. The van der Waals surface area contributed by atoms with Crippen molar-refractivity contribution in [3.05, 3.63) is 64.6 Å². The number of carbonyl (C=O) groups excluding carboxylic acids is 2. The van der Waals surface area contributed by atoms with Crippen LogP contribution in [0.3, 0.4) is 0 Å². The first-order chi connectivity index (χ1) is 14.6. The van der Waals surface area contributed by atoms with Gasteiger partial charge in [0.15, 0.2) is 0 Å². The highest BCUT2D eigenvalue weighted by Gasteiger charge is 2.32. The zero-order valence-electron chi connectivity index (χ0n) is 16.0. The van der Waals surface area contributed by atoms with Crippen LogP contribution >= 0.6 is 24.0 Å². The maximum atomic E-state index is 12.8. The summed E-state index contributed by atoms with van der Waals surface area (Å²) in [5, 5.41) is 11.8. The molecule has 1 aliphatic rings. The molecule has 1 fully saturated rings. The Balaban J connectivity index is 1.53. The van der Waals surface area contributed by atoms with Crippen LogP contribution in [0.4, 0.5) is 18.9 Å². The van der Waals surface area contributed by atoms with Crippen LogP contribution in [0.25, 0.3) is 6.08 Å². The van der Waals surface area contributed by atoms with Gasteiger partial charge in [0.2, 0.25) is 5.91 Å². The molecule has 0 radical (unpaired) electrons. The van der Waals surface area contributed by atoms with E-state index in [0.717, 1.165) is 29.5 Å². The zero-order chi connectivity index (χ0) is 22.6. The summed E-state index contributed by atoms with van der Waals surface area (Å²) in [6.07, 6.45) is -2.51. The summed E-state index contributed by atoms with van der Waals surface area (Å²) in [5.74, 6) is -0.612. The van der Waals surface area contributed by atoms with Crippen molar-refractivity contribution < 1.29 is 27.9 Å². The van der Waals surface area contributed by atoms with Crippen molar-refractivity contribution in [2.45, 2.75) is 19.0 Å². The van der Waals surface area contributed by atoms with Crippen LogP contribution in [-0.4, -0.2) is 32.7 Å². The van der Waals surface area contributed by atoms with Gasteiger partial charge in [-0.2, -0.15) is 13.2 Å². The Morgan fingerprint density at radius 1 is 1.19 bits per heavy atom. The van der Waals surface area contributed by atoms with Gasteiger partial charge in [-0.05, 0) is 48.4 Å². The van der Waals surface area contributed by atoms with E-state index >= 15 is 0 Å². The molecule has 1 saturated heterocycles. The molecule has 0 atom stereocenters. The van der Waals surface area contributed by atoms with Gasteiger partial charge in [-0.1, -0.05) is 42.2 Å². The second-order valence-corrected chi connectivity index (χ2v) is 8.33. The third-order valence-corrected chi connectivity index (χ3v) is 5.70. The third kappa shape index (κ3) is 6.08. The molecule has 3 rings (SSSR count). The number of thioether (sulfide) groups is 1. The number of carbonyl (C=O) groups is 2. The predicted molar refractivity (Wildman–Crippen MR) is 117 cm³/mol. The molecule has 2 amide bonds. The van der Waals surface area contributed by atoms with E-state index in [4.69, 9.17) is 12.2 Å². The number of rotatable bonds is 6. The topological polar surface area (TPSA) is 69.6 Å².